The molecule has 1 N–H and O–H groups in total. The van der Waals surface area contributed by atoms with Crippen molar-refractivity contribution in [2.45, 2.75) is 19.3 Å². The molecule has 0 atom stereocenters. The number of guanidine groups is 1. The van der Waals surface area contributed by atoms with Crippen molar-refractivity contribution in [1.82, 2.24) is 15.2 Å². The molecule has 1 aromatic carbocycles. The molecule has 1 aromatic heterocycles. The Kier molecular flexibility index (Phi) is 9.33. The van der Waals surface area contributed by atoms with Crippen molar-refractivity contribution in [1.29, 1.82) is 0 Å². The summed E-state index contributed by atoms with van der Waals surface area (Å²) in [5.74, 6) is 0.642. The van der Waals surface area contributed by atoms with Gasteiger partial charge in [0.1, 0.15) is 0 Å². The number of halogens is 4. The smallest absolute Gasteiger partial charge is 0.422 e. The van der Waals surface area contributed by atoms with Gasteiger partial charge in [0.25, 0.3) is 0 Å². The molecule has 9 heteroatoms. The summed E-state index contributed by atoms with van der Waals surface area (Å²) in [5, 5.41) is 3.20. The van der Waals surface area contributed by atoms with Crippen molar-refractivity contribution in [3.8, 4) is 5.88 Å². The van der Waals surface area contributed by atoms with Crippen LogP contribution < -0.4 is 10.1 Å². The average molecular weight is 494 g/mol. The summed E-state index contributed by atoms with van der Waals surface area (Å²) in [5.41, 5.74) is 1.96. The van der Waals surface area contributed by atoms with Gasteiger partial charge in [-0.15, -0.1) is 24.0 Å². The maximum Gasteiger partial charge on any atom is 0.422 e. The monoisotopic (exact) mass is 494 g/mol. The van der Waals surface area contributed by atoms with E-state index in [4.69, 9.17) is 0 Å². The largest absolute Gasteiger partial charge is 0.468 e. The lowest BCUT2D eigenvalue weighted by Gasteiger charge is -2.22. The number of alkyl halides is 3. The predicted octanol–water partition coefficient (Wildman–Crippen LogP) is 3.85. The fourth-order valence-corrected chi connectivity index (χ4v) is 2.25. The topological polar surface area (TPSA) is 49.8 Å². The fraction of sp³-hybridized carbons (Fsp3) is 0.333. The molecule has 1 heterocycles. The van der Waals surface area contributed by atoms with E-state index in [1.165, 1.54) is 12.3 Å². The van der Waals surface area contributed by atoms with Gasteiger partial charge in [-0.1, -0.05) is 36.4 Å². The molecule has 2 aromatic rings. The highest BCUT2D eigenvalue weighted by Gasteiger charge is 2.28. The van der Waals surface area contributed by atoms with Crippen LogP contribution in [-0.2, 0) is 13.1 Å². The van der Waals surface area contributed by atoms with E-state index in [0.29, 0.717) is 19.0 Å². The van der Waals surface area contributed by atoms with E-state index in [1.54, 1.807) is 13.1 Å². The number of benzene rings is 1. The Hall–Kier alpha value is -2.04. The molecule has 0 unspecified atom stereocenters. The van der Waals surface area contributed by atoms with Crippen LogP contribution in [0.15, 0.2) is 53.7 Å². The molecule has 0 aliphatic rings. The highest BCUT2D eigenvalue weighted by atomic mass is 127. The van der Waals surface area contributed by atoms with Crippen LogP contribution in [0.1, 0.15) is 11.1 Å². The molecule has 148 valence electrons. The Balaban J connectivity index is 0.00000364. The first kappa shape index (κ1) is 23.0. The summed E-state index contributed by atoms with van der Waals surface area (Å²) in [6, 6.07) is 13.1. The zero-order chi connectivity index (χ0) is 19.0. The third-order valence-electron chi connectivity index (χ3n) is 3.47. The van der Waals surface area contributed by atoms with Crippen molar-refractivity contribution < 1.29 is 17.9 Å². The summed E-state index contributed by atoms with van der Waals surface area (Å²) in [4.78, 5) is 10.1. The van der Waals surface area contributed by atoms with Gasteiger partial charge in [-0.25, -0.2) is 4.98 Å². The Bertz CT molecular complexity index is 709. The molecule has 0 aliphatic heterocycles. The van der Waals surface area contributed by atoms with Crippen LogP contribution in [0.2, 0.25) is 0 Å². The highest BCUT2D eigenvalue weighted by Crippen LogP contribution is 2.17. The molecule has 0 aliphatic carbocycles. The van der Waals surface area contributed by atoms with E-state index < -0.39 is 12.8 Å². The second kappa shape index (κ2) is 11.0. The van der Waals surface area contributed by atoms with E-state index in [1.807, 2.05) is 42.3 Å². The minimum absolute atomic E-state index is 0. The van der Waals surface area contributed by atoms with Crippen LogP contribution >= 0.6 is 24.0 Å². The quantitative estimate of drug-likeness (QED) is 0.377. The van der Waals surface area contributed by atoms with E-state index in [-0.39, 0.29) is 29.9 Å². The molecular formula is C18H22F3IN4O. The second-order valence-electron chi connectivity index (χ2n) is 5.65. The number of hydrogen-bond acceptors (Lipinski definition) is 3. The van der Waals surface area contributed by atoms with E-state index in [2.05, 4.69) is 20.0 Å². The maximum absolute atomic E-state index is 12.1. The number of rotatable bonds is 6. The zero-order valence-electron chi connectivity index (χ0n) is 15.0. The molecule has 27 heavy (non-hydrogen) atoms. The van der Waals surface area contributed by atoms with Crippen molar-refractivity contribution in [3.05, 3.63) is 59.8 Å². The minimum Gasteiger partial charge on any atom is -0.468 e. The Morgan fingerprint density at radius 2 is 1.85 bits per heavy atom. The highest BCUT2D eigenvalue weighted by molar-refractivity contribution is 14.0. The van der Waals surface area contributed by atoms with Crippen LogP contribution in [0, 0.1) is 0 Å². The number of nitrogens with zero attached hydrogens (tertiary/aromatic N) is 3. The Morgan fingerprint density at radius 1 is 1.15 bits per heavy atom. The van der Waals surface area contributed by atoms with E-state index >= 15 is 0 Å². The third-order valence-corrected chi connectivity index (χ3v) is 3.47. The first-order chi connectivity index (χ1) is 12.4. The lowest BCUT2D eigenvalue weighted by Crippen LogP contribution is -2.38. The van der Waals surface area contributed by atoms with Gasteiger partial charge in [0.2, 0.25) is 5.88 Å². The van der Waals surface area contributed by atoms with Crippen LogP contribution in [0.25, 0.3) is 0 Å². The van der Waals surface area contributed by atoms with Crippen LogP contribution in [0.5, 0.6) is 5.88 Å². The summed E-state index contributed by atoms with van der Waals surface area (Å²) < 4.78 is 40.9. The number of hydrogen-bond donors (Lipinski definition) is 1. The molecule has 0 saturated heterocycles. The standard InChI is InChI=1S/C18H21F3N4O.HI/c1-22-17(25(2)12-14-6-4-3-5-7-14)24-11-15-8-9-16(23-10-15)26-13-18(19,20)21;/h3-10H,11-13H2,1-2H3,(H,22,24);1H. The Labute approximate surface area is 173 Å². The van der Waals surface area contributed by atoms with E-state index in [0.717, 1.165) is 11.1 Å². The number of pyridine rings is 1. The van der Waals surface area contributed by atoms with Crippen LogP contribution in [0.3, 0.4) is 0 Å². The molecule has 5 nitrogen and oxygen atoms in total. The van der Waals surface area contributed by atoms with Crippen LogP contribution in [0.4, 0.5) is 13.2 Å². The molecule has 0 bridgehead atoms. The molecule has 2 rings (SSSR count). The van der Waals surface area contributed by atoms with Gasteiger partial charge in [-0.2, -0.15) is 13.2 Å². The van der Waals surface area contributed by atoms with Crippen molar-refractivity contribution >= 4 is 29.9 Å². The number of aliphatic imine (C=N–C) groups is 1. The lowest BCUT2D eigenvalue weighted by molar-refractivity contribution is -0.154. The summed E-state index contributed by atoms with van der Waals surface area (Å²) in [7, 11) is 3.62. The first-order valence-corrected chi connectivity index (χ1v) is 7.97. The molecule has 0 spiro atoms. The normalized spacial score (nSPS) is 11.5. The fourth-order valence-electron chi connectivity index (χ4n) is 2.25. The second-order valence-corrected chi connectivity index (χ2v) is 5.65. The van der Waals surface area contributed by atoms with Crippen molar-refractivity contribution in [2.24, 2.45) is 4.99 Å². The van der Waals surface area contributed by atoms with Gasteiger partial charge in [0, 0.05) is 39.4 Å². The molecule has 0 fully saturated rings. The van der Waals surface area contributed by atoms with Crippen molar-refractivity contribution in [2.75, 3.05) is 20.7 Å². The lowest BCUT2D eigenvalue weighted by atomic mass is 10.2. The Morgan fingerprint density at radius 3 is 2.41 bits per heavy atom. The van der Waals surface area contributed by atoms with Gasteiger partial charge >= 0.3 is 6.18 Å². The molecule has 0 saturated carbocycles. The first-order valence-electron chi connectivity index (χ1n) is 7.97. The number of ether oxygens (including phenoxy) is 1. The van der Waals surface area contributed by atoms with Gasteiger partial charge in [-0.3, -0.25) is 4.99 Å². The average Bonchev–Trinajstić information content (AvgIpc) is 2.61. The number of aromatic nitrogens is 1. The predicted molar refractivity (Wildman–Crippen MR) is 109 cm³/mol. The molecule has 0 radical (unpaired) electrons. The van der Waals surface area contributed by atoms with Gasteiger partial charge in [0.05, 0.1) is 0 Å². The summed E-state index contributed by atoms with van der Waals surface area (Å²) in [6.07, 6.45) is -2.90. The molecule has 0 amide bonds. The maximum atomic E-state index is 12.1. The van der Waals surface area contributed by atoms with Crippen LogP contribution in [-0.4, -0.2) is 42.7 Å². The van der Waals surface area contributed by atoms with Crippen molar-refractivity contribution in [3.63, 3.8) is 0 Å². The van der Waals surface area contributed by atoms with Gasteiger partial charge in [-0.05, 0) is 11.1 Å². The molecular weight excluding hydrogens is 472 g/mol. The van der Waals surface area contributed by atoms with E-state index in [9.17, 15) is 13.2 Å². The van der Waals surface area contributed by atoms with Gasteiger partial charge < -0.3 is 15.0 Å². The third kappa shape index (κ3) is 8.46. The SMILES string of the molecule is CN=C(NCc1ccc(OCC(F)(F)F)nc1)N(C)Cc1ccccc1.I. The summed E-state index contributed by atoms with van der Waals surface area (Å²) in [6.45, 7) is -0.212. The van der Waals surface area contributed by atoms with Gasteiger partial charge in [0.15, 0.2) is 12.6 Å². The zero-order valence-corrected chi connectivity index (χ0v) is 17.4. The minimum atomic E-state index is -4.38. The number of nitrogens with one attached hydrogen (secondary N) is 1. The summed E-state index contributed by atoms with van der Waals surface area (Å²) >= 11 is 0.